The Morgan fingerprint density at radius 1 is 1.38 bits per heavy atom. The number of ketones is 1. The number of hydrogen-bond acceptors (Lipinski definition) is 3. The third kappa shape index (κ3) is 2.19. The van der Waals surface area contributed by atoms with E-state index in [0.717, 1.165) is 14.9 Å². The first kappa shape index (κ1) is 11.8. The van der Waals surface area contributed by atoms with Gasteiger partial charge in [0, 0.05) is 4.47 Å². The van der Waals surface area contributed by atoms with E-state index < -0.39 is 0 Å². The fraction of sp³-hybridized carbons (Fsp3) is 0.0909. The first-order valence-electron chi connectivity index (χ1n) is 4.51. The van der Waals surface area contributed by atoms with Crippen molar-refractivity contribution in [1.82, 2.24) is 4.37 Å². The number of nitrogens with zero attached hydrogens (tertiary/aromatic N) is 1. The molecule has 82 valence electrons. The molecule has 0 saturated carbocycles. The molecule has 0 aliphatic carbocycles. The third-order valence-electron chi connectivity index (χ3n) is 2.11. The summed E-state index contributed by atoms with van der Waals surface area (Å²) < 4.78 is 5.01. The number of halogens is 2. The lowest BCUT2D eigenvalue weighted by Crippen LogP contribution is -1.92. The number of carbonyl (C=O) groups is 1. The lowest BCUT2D eigenvalue weighted by Gasteiger charge is -2.00. The molecular formula is C11H7BrClNOS. The van der Waals surface area contributed by atoms with Crippen LogP contribution >= 0.6 is 39.1 Å². The number of aromatic nitrogens is 1. The fourth-order valence-corrected chi connectivity index (χ4v) is 2.86. The molecule has 0 spiro atoms. The molecule has 0 aliphatic heterocycles. The van der Waals surface area contributed by atoms with Crippen molar-refractivity contribution >= 4 is 44.8 Å². The highest BCUT2D eigenvalue weighted by atomic mass is 79.9. The van der Waals surface area contributed by atoms with Crippen LogP contribution in [0.1, 0.15) is 17.3 Å². The quantitative estimate of drug-likeness (QED) is 0.767. The smallest absolute Gasteiger partial charge is 0.164 e. The summed E-state index contributed by atoms with van der Waals surface area (Å²) in [4.78, 5) is 12.3. The minimum Gasteiger partial charge on any atom is -0.294 e. The molecule has 1 aromatic heterocycles. The molecule has 0 radical (unpaired) electrons. The van der Waals surface area contributed by atoms with E-state index in [1.807, 2.05) is 24.3 Å². The minimum absolute atomic E-state index is 0.0586. The van der Waals surface area contributed by atoms with Crippen molar-refractivity contribution in [3.8, 4) is 10.4 Å². The molecule has 16 heavy (non-hydrogen) atoms. The number of Topliss-reactive ketones (excluding diaryl/α,β-unsaturated/α-hetero) is 1. The minimum atomic E-state index is -0.0586. The van der Waals surface area contributed by atoms with Crippen molar-refractivity contribution in [2.45, 2.75) is 6.92 Å². The van der Waals surface area contributed by atoms with Gasteiger partial charge in [0.25, 0.3) is 0 Å². The van der Waals surface area contributed by atoms with Gasteiger partial charge in [-0.05, 0) is 36.2 Å². The second kappa shape index (κ2) is 4.65. The zero-order valence-corrected chi connectivity index (χ0v) is 11.5. The maximum atomic E-state index is 11.5. The van der Waals surface area contributed by atoms with Crippen LogP contribution in [0, 0.1) is 0 Å². The summed E-state index contributed by atoms with van der Waals surface area (Å²) >= 11 is 10.5. The largest absolute Gasteiger partial charge is 0.294 e. The molecule has 5 heteroatoms. The maximum absolute atomic E-state index is 11.5. The van der Waals surface area contributed by atoms with E-state index in [9.17, 15) is 4.79 Å². The van der Waals surface area contributed by atoms with E-state index in [1.54, 1.807) is 0 Å². The summed E-state index contributed by atoms with van der Waals surface area (Å²) in [6, 6.07) is 7.71. The van der Waals surface area contributed by atoms with Crippen molar-refractivity contribution < 1.29 is 4.79 Å². The molecule has 1 aromatic carbocycles. The van der Waals surface area contributed by atoms with Gasteiger partial charge in [-0.3, -0.25) is 4.79 Å². The highest BCUT2D eigenvalue weighted by molar-refractivity contribution is 9.10. The lowest BCUT2D eigenvalue weighted by atomic mass is 10.1. The molecule has 2 rings (SSSR count). The molecule has 0 amide bonds. The highest BCUT2D eigenvalue weighted by Crippen LogP contribution is 2.33. The molecule has 0 saturated heterocycles. The van der Waals surface area contributed by atoms with Crippen molar-refractivity contribution in [2.75, 3.05) is 0 Å². The van der Waals surface area contributed by atoms with Crippen LogP contribution < -0.4 is 0 Å². The predicted molar refractivity (Wildman–Crippen MR) is 70.3 cm³/mol. The van der Waals surface area contributed by atoms with Crippen LogP contribution in [-0.2, 0) is 0 Å². The van der Waals surface area contributed by atoms with Crippen LogP contribution in [0.25, 0.3) is 10.4 Å². The topological polar surface area (TPSA) is 30.0 Å². The van der Waals surface area contributed by atoms with E-state index in [1.165, 1.54) is 18.5 Å². The van der Waals surface area contributed by atoms with Gasteiger partial charge in [0.1, 0.15) is 0 Å². The Morgan fingerprint density at radius 2 is 2.00 bits per heavy atom. The van der Waals surface area contributed by atoms with Gasteiger partial charge < -0.3 is 0 Å². The Hall–Kier alpha value is -0.710. The molecule has 0 atom stereocenters. The van der Waals surface area contributed by atoms with Gasteiger partial charge in [-0.15, -0.1) is 0 Å². The van der Waals surface area contributed by atoms with E-state index in [2.05, 4.69) is 20.3 Å². The first-order valence-corrected chi connectivity index (χ1v) is 6.46. The van der Waals surface area contributed by atoms with E-state index in [0.29, 0.717) is 5.56 Å². The zero-order chi connectivity index (χ0) is 11.7. The summed E-state index contributed by atoms with van der Waals surface area (Å²) in [5.74, 6) is -0.0586. The van der Waals surface area contributed by atoms with Crippen LogP contribution in [0.4, 0.5) is 0 Å². The number of carbonyl (C=O) groups excluding carboxylic acids is 1. The SMILES string of the molecule is CC(=O)c1c(Cl)nsc1-c1ccc(Br)cc1. The Labute approximate surface area is 111 Å². The van der Waals surface area contributed by atoms with Crippen LogP contribution in [0.15, 0.2) is 28.7 Å². The van der Waals surface area contributed by atoms with Crippen LogP contribution in [0.2, 0.25) is 5.15 Å². The van der Waals surface area contributed by atoms with Crippen molar-refractivity contribution in [3.63, 3.8) is 0 Å². The Kier molecular flexibility index (Phi) is 3.42. The summed E-state index contributed by atoms with van der Waals surface area (Å²) in [7, 11) is 0. The Morgan fingerprint density at radius 3 is 2.56 bits per heavy atom. The average molecular weight is 317 g/mol. The number of rotatable bonds is 2. The molecule has 2 nitrogen and oxygen atoms in total. The van der Waals surface area contributed by atoms with Crippen molar-refractivity contribution in [1.29, 1.82) is 0 Å². The third-order valence-corrected chi connectivity index (χ3v) is 3.91. The number of hydrogen-bond donors (Lipinski definition) is 0. The van der Waals surface area contributed by atoms with E-state index in [4.69, 9.17) is 11.6 Å². The highest BCUT2D eigenvalue weighted by Gasteiger charge is 2.17. The molecule has 0 unspecified atom stereocenters. The zero-order valence-electron chi connectivity index (χ0n) is 8.33. The van der Waals surface area contributed by atoms with Gasteiger partial charge in [-0.25, -0.2) is 0 Å². The molecular weight excluding hydrogens is 310 g/mol. The lowest BCUT2D eigenvalue weighted by molar-refractivity contribution is 0.101. The number of benzene rings is 1. The molecule has 0 N–H and O–H groups in total. The van der Waals surface area contributed by atoms with Gasteiger partial charge in [0.2, 0.25) is 0 Å². The van der Waals surface area contributed by atoms with E-state index in [-0.39, 0.29) is 10.9 Å². The summed E-state index contributed by atoms with van der Waals surface area (Å²) in [6.45, 7) is 1.50. The fourth-order valence-electron chi connectivity index (χ4n) is 1.37. The molecule has 0 aliphatic rings. The van der Waals surface area contributed by atoms with Gasteiger partial charge in [0.05, 0.1) is 10.4 Å². The van der Waals surface area contributed by atoms with E-state index >= 15 is 0 Å². The molecule has 1 heterocycles. The Bertz CT molecular complexity index is 535. The van der Waals surface area contributed by atoms with Crippen LogP contribution in [0.3, 0.4) is 0 Å². The Balaban J connectivity index is 2.56. The normalized spacial score (nSPS) is 10.4. The maximum Gasteiger partial charge on any atom is 0.164 e. The van der Waals surface area contributed by atoms with Crippen molar-refractivity contribution in [3.05, 3.63) is 39.5 Å². The van der Waals surface area contributed by atoms with Gasteiger partial charge in [-0.2, -0.15) is 4.37 Å². The molecule has 2 aromatic rings. The molecule has 0 fully saturated rings. The molecule has 0 bridgehead atoms. The summed E-state index contributed by atoms with van der Waals surface area (Å²) in [5, 5.41) is 0.287. The van der Waals surface area contributed by atoms with Crippen LogP contribution in [-0.4, -0.2) is 10.2 Å². The van der Waals surface area contributed by atoms with Gasteiger partial charge in [0.15, 0.2) is 10.9 Å². The van der Waals surface area contributed by atoms with Crippen LogP contribution in [0.5, 0.6) is 0 Å². The summed E-state index contributed by atoms with van der Waals surface area (Å²) in [5.41, 5.74) is 1.46. The monoisotopic (exact) mass is 315 g/mol. The van der Waals surface area contributed by atoms with Gasteiger partial charge >= 0.3 is 0 Å². The standard InChI is InChI=1S/C11H7BrClNOS/c1-6(15)9-10(16-14-11(9)13)7-2-4-8(12)5-3-7/h2-5H,1H3. The van der Waals surface area contributed by atoms with Crippen molar-refractivity contribution in [2.24, 2.45) is 0 Å². The second-order valence-corrected chi connectivity index (χ2v) is 5.29. The average Bonchev–Trinajstić information content (AvgIpc) is 2.61. The predicted octanol–water partition coefficient (Wildman–Crippen LogP) is 4.43. The second-order valence-electron chi connectivity index (χ2n) is 3.24. The van der Waals surface area contributed by atoms with Gasteiger partial charge in [-0.1, -0.05) is 39.7 Å². The summed E-state index contributed by atoms with van der Waals surface area (Å²) in [6.07, 6.45) is 0. The first-order chi connectivity index (χ1) is 7.59.